The highest BCUT2D eigenvalue weighted by Gasteiger charge is 2.02. The SMILES string of the molecule is COc1ccc(-c2cccc(-c3cccs3)c2)cc1. The molecule has 2 aromatic carbocycles. The van der Waals surface area contributed by atoms with E-state index >= 15 is 0 Å². The van der Waals surface area contributed by atoms with Crippen LogP contribution in [-0.4, -0.2) is 7.11 Å². The van der Waals surface area contributed by atoms with Gasteiger partial charge in [-0.1, -0.05) is 36.4 Å². The summed E-state index contributed by atoms with van der Waals surface area (Å²) in [5.41, 5.74) is 3.70. The van der Waals surface area contributed by atoms with E-state index in [1.54, 1.807) is 18.4 Å². The summed E-state index contributed by atoms with van der Waals surface area (Å²) in [7, 11) is 1.69. The van der Waals surface area contributed by atoms with Crippen LogP contribution in [0, 0.1) is 0 Å². The molecule has 0 aliphatic heterocycles. The molecule has 1 nitrogen and oxygen atoms in total. The van der Waals surface area contributed by atoms with Gasteiger partial charge >= 0.3 is 0 Å². The van der Waals surface area contributed by atoms with Gasteiger partial charge in [-0.2, -0.15) is 0 Å². The smallest absolute Gasteiger partial charge is 0.118 e. The minimum atomic E-state index is 0.887. The Bertz CT molecular complexity index is 654. The van der Waals surface area contributed by atoms with Crippen LogP contribution in [0.1, 0.15) is 0 Å². The van der Waals surface area contributed by atoms with E-state index in [2.05, 4.69) is 53.9 Å². The summed E-state index contributed by atoms with van der Waals surface area (Å²) in [4.78, 5) is 1.30. The second kappa shape index (κ2) is 5.29. The van der Waals surface area contributed by atoms with Gasteiger partial charge in [0.2, 0.25) is 0 Å². The van der Waals surface area contributed by atoms with Crippen LogP contribution in [0.3, 0.4) is 0 Å². The summed E-state index contributed by atoms with van der Waals surface area (Å²) in [6.45, 7) is 0. The van der Waals surface area contributed by atoms with Gasteiger partial charge in [-0.15, -0.1) is 11.3 Å². The second-order valence-corrected chi connectivity index (χ2v) is 5.23. The molecule has 0 radical (unpaired) electrons. The topological polar surface area (TPSA) is 9.23 Å². The van der Waals surface area contributed by atoms with Crippen LogP contribution in [0.15, 0.2) is 66.0 Å². The summed E-state index contributed by atoms with van der Waals surface area (Å²) in [6.07, 6.45) is 0. The lowest BCUT2D eigenvalue weighted by molar-refractivity contribution is 0.415. The number of benzene rings is 2. The molecule has 0 aliphatic carbocycles. The monoisotopic (exact) mass is 266 g/mol. The van der Waals surface area contributed by atoms with Gasteiger partial charge in [-0.3, -0.25) is 0 Å². The van der Waals surface area contributed by atoms with E-state index < -0.39 is 0 Å². The second-order valence-electron chi connectivity index (χ2n) is 4.29. The molecule has 0 saturated heterocycles. The summed E-state index contributed by atoms with van der Waals surface area (Å²) in [5.74, 6) is 0.887. The van der Waals surface area contributed by atoms with Crippen molar-refractivity contribution in [1.82, 2.24) is 0 Å². The molecule has 1 heterocycles. The van der Waals surface area contributed by atoms with Gasteiger partial charge in [0.1, 0.15) is 5.75 Å². The molecule has 0 aliphatic rings. The van der Waals surface area contributed by atoms with Gasteiger partial charge in [-0.25, -0.2) is 0 Å². The van der Waals surface area contributed by atoms with Gasteiger partial charge in [0, 0.05) is 4.88 Å². The highest BCUT2D eigenvalue weighted by atomic mass is 32.1. The van der Waals surface area contributed by atoms with Crippen molar-refractivity contribution in [3.8, 4) is 27.3 Å². The largest absolute Gasteiger partial charge is 0.497 e. The number of hydrogen-bond donors (Lipinski definition) is 0. The summed E-state index contributed by atoms with van der Waals surface area (Å²) in [6, 6.07) is 21.0. The third-order valence-electron chi connectivity index (χ3n) is 3.09. The molecule has 94 valence electrons. The lowest BCUT2D eigenvalue weighted by Crippen LogP contribution is -1.83. The minimum absolute atomic E-state index is 0.887. The molecule has 0 N–H and O–H groups in total. The summed E-state index contributed by atoms with van der Waals surface area (Å²) < 4.78 is 5.19. The highest BCUT2D eigenvalue weighted by Crippen LogP contribution is 2.29. The molecular formula is C17H14OS. The number of methoxy groups -OCH3 is 1. The Morgan fingerprint density at radius 2 is 1.58 bits per heavy atom. The van der Waals surface area contributed by atoms with Crippen molar-refractivity contribution >= 4 is 11.3 Å². The maximum atomic E-state index is 5.19. The lowest BCUT2D eigenvalue weighted by atomic mass is 10.0. The standard InChI is InChI=1S/C17H14OS/c1-18-16-9-7-13(8-10-16)14-4-2-5-15(12-14)17-6-3-11-19-17/h2-12H,1H3. The molecule has 3 aromatic rings. The van der Waals surface area contributed by atoms with E-state index in [0.29, 0.717) is 0 Å². The zero-order valence-corrected chi connectivity index (χ0v) is 11.5. The molecule has 0 amide bonds. The van der Waals surface area contributed by atoms with E-state index in [4.69, 9.17) is 4.74 Å². The van der Waals surface area contributed by atoms with E-state index in [9.17, 15) is 0 Å². The molecule has 19 heavy (non-hydrogen) atoms. The van der Waals surface area contributed by atoms with Crippen molar-refractivity contribution in [2.45, 2.75) is 0 Å². The molecule has 0 bridgehead atoms. The Balaban J connectivity index is 1.98. The Hall–Kier alpha value is -2.06. The van der Waals surface area contributed by atoms with Crippen LogP contribution in [0.25, 0.3) is 21.6 Å². The van der Waals surface area contributed by atoms with Crippen LogP contribution in [0.5, 0.6) is 5.75 Å². The molecule has 1 aromatic heterocycles. The molecule has 2 heteroatoms. The van der Waals surface area contributed by atoms with Gasteiger partial charge in [0.05, 0.1) is 7.11 Å². The van der Waals surface area contributed by atoms with Crippen molar-refractivity contribution in [2.75, 3.05) is 7.11 Å². The Morgan fingerprint density at radius 1 is 0.789 bits per heavy atom. The molecule has 0 unspecified atom stereocenters. The molecule has 0 fully saturated rings. The number of thiophene rings is 1. The average Bonchev–Trinajstić information content (AvgIpc) is 3.02. The number of hydrogen-bond acceptors (Lipinski definition) is 2. The zero-order chi connectivity index (χ0) is 13.1. The lowest BCUT2D eigenvalue weighted by Gasteiger charge is -2.05. The first-order chi connectivity index (χ1) is 9.36. The highest BCUT2D eigenvalue weighted by molar-refractivity contribution is 7.13. The van der Waals surface area contributed by atoms with E-state index in [-0.39, 0.29) is 0 Å². The van der Waals surface area contributed by atoms with Crippen LogP contribution < -0.4 is 4.74 Å². The Kier molecular flexibility index (Phi) is 3.34. The maximum Gasteiger partial charge on any atom is 0.118 e. The third-order valence-corrected chi connectivity index (χ3v) is 4.01. The first-order valence-electron chi connectivity index (χ1n) is 6.15. The van der Waals surface area contributed by atoms with E-state index in [1.807, 2.05) is 12.1 Å². The zero-order valence-electron chi connectivity index (χ0n) is 10.7. The van der Waals surface area contributed by atoms with Gasteiger partial charge < -0.3 is 4.74 Å². The van der Waals surface area contributed by atoms with Crippen LogP contribution >= 0.6 is 11.3 Å². The van der Waals surface area contributed by atoms with Crippen LogP contribution in [0.4, 0.5) is 0 Å². The first-order valence-corrected chi connectivity index (χ1v) is 7.03. The number of ether oxygens (including phenoxy) is 1. The van der Waals surface area contributed by atoms with Gasteiger partial charge in [0.25, 0.3) is 0 Å². The molecule has 0 atom stereocenters. The van der Waals surface area contributed by atoms with Crippen molar-refractivity contribution in [2.24, 2.45) is 0 Å². The van der Waals surface area contributed by atoms with Crippen LogP contribution in [0.2, 0.25) is 0 Å². The predicted molar refractivity (Wildman–Crippen MR) is 81.7 cm³/mol. The van der Waals surface area contributed by atoms with Crippen molar-refractivity contribution < 1.29 is 4.74 Å². The summed E-state index contributed by atoms with van der Waals surface area (Å²) in [5, 5.41) is 2.11. The minimum Gasteiger partial charge on any atom is -0.497 e. The molecule has 0 saturated carbocycles. The molecule has 3 rings (SSSR count). The quantitative estimate of drug-likeness (QED) is 0.641. The van der Waals surface area contributed by atoms with E-state index in [0.717, 1.165) is 5.75 Å². The Morgan fingerprint density at radius 3 is 2.26 bits per heavy atom. The summed E-state index contributed by atoms with van der Waals surface area (Å²) >= 11 is 1.77. The normalized spacial score (nSPS) is 10.4. The predicted octanol–water partition coefficient (Wildman–Crippen LogP) is 5.09. The van der Waals surface area contributed by atoms with Crippen molar-refractivity contribution in [1.29, 1.82) is 0 Å². The van der Waals surface area contributed by atoms with Gasteiger partial charge in [-0.05, 0) is 46.3 Å². The fraction of sp³-hybridized carbons (Fsp3) is 0.0588. The average molecular weight is 266 g/mol. The molecular weight excluding hydrogens is 252 g/mol. The van der Waals surface area contributed by atoms with E-state index in [1.165, 1.54) is 21.6 Å². The third kappa shape index (κ3) is 2.54. The Labute approximate surface area is 117 Å². The van der Waals surface area contributed by atoms with Crippen LogP contribution in [-0.2, 0) is 0 Å². The fourth-order valence-electron chi connectivity index (χ4n) is 2.08. The van der Waals surface area contributed by atoms with Crippen molar-refractivity contribution in [3.63, 3.8) is 0 Å². The van der Waals surface area contributed by atoms with Gasteiger partial charge in [0.15, 0.2) is 0 Å². The molecule has 0 spiro atoms. The maximum absolute atomic E-state index is 5.19. The first kappa shape index (κ1) is 12.0. The fourth-order valence-corrected chi connectivity index (χ4v) is 2.80. The van der Waals surface area contributed by atoms with Crippen molar-refractivity contribution in [3.05, 3.63) is 66.0 Å². The number of rotatable bonds is 3.